The van der Waals surface area contributed by atoms with Gasteiger partial charge in [0.1, 0.15) is 5.76 Å². The van der Waals surface area contributed by atoms with E-state index in [1.54, 1.807) is 24.5 Å². The number of hydrogen-bond acceptors (Lipinski definition) is 7. The van der Waals surface area contributed by atoms with Gasteiger partial charge in [0.25, 0.3) is 0 Å². The van der Waals surface area contributed by atoms with E-state index in [1.165, 1.54) is 22.3 Å². The van der Waals surface area contributed by atoms with E-state index in [4.69, 9.17) is 4.42 Å². The molecule has 1 aliphatic heterocycles. The summed E-state index contributed by atoms with van der Waals surface area (Å²) >= 11 is 1.31. The normalized spacial score (nSPS) is 13.8. The highest BCUT2D eigenvalue weighted by Crippen LogP contribution is 2.31. The SMILES string of the molecule is C=CCn1c(SCC(=O)c2ccc3c(c2)CCCN3S(C)(=O)=O)nnc1-c1ccoc1C. The average Bonchev–Trinajstić information content (AvgIpc) is 3.36. The van der Waals surface area contributed by atoms with Gasteiger partial charge in [0, 0.05) is 18.7 Å². The molecule has 10 heteroatoms. The van der Waals surface area contributed by atoms with Crippen LogP contribution in [-0.2, 0) is 23.0 Å². The zero-order valence-corrected chi connectivity index (χ0v) is 19.6. The second-order valence-corrected chi connectivity index (χ2v) is 10.4. The molecular weight excluding hydrogens is 448 g/mol. The second kappa shape index (κ2) is 8.95. The maximum Gasteiger partial charge on any atom is 0.232 e. The first-order valence-corrected chi connectivity index (χ1v) is 13.0. The summed E-state index contributed by atoms with van der Waals surface area (Å²) in [5.41, 5.74) is 2.95. The van der Waals surface area contributed by atoms with Crippen LogP contribution in [0.4, 0.5) is 5.69 Å². The van der Waals surface area contributed by atoms with Crippen LogP contribution in [-0.4, -0.2) is 47.5 Å². The summed E-state index contributed by atoms with van der Waals surface area (Å²) in [7, 11) is -3.34. The van der Waals surface area contributed by atoms with Gasteiger partial charge in [0.2, 0.25) is 10.0 Å². The second-order valence-electron chi connectivity index (χ2n) is 7.59. The van der Waals surface area contributed by atoms with Crippen LogP contribution in [0.15, 0.2) is 52.8 Å². The Balaban J connectivity index is 1.53. The molecular formula is C22H24N4O4S2. The third-order valence-corrected chi connectivity index (χ3v) is 7.49. The van der Waals surface area contributed by atoms with Gasteiger partial charge in [-0.05, 0) is 49.6 Å². The molecule has 0 aliphatic carbocycles. The predicted octanol–water partition coefficient (Wildman–Crippen LogP) is 3.72. The molecule has 3 aromatic rings. The van der Waals surface area contributed by atoms with Crippen molar-refractivity contribution >= 4 is 33.3 Å². The number of benzene rings is 1. The van der Waals surface area contributed by atoms with Crippen LogP contribution in [0.1, 0.15) is 28.1 Å². The number of fused-ring (bicyclic) bond motifs is 1. The zero-order valence-electron chi connectivity index (χ0n) is 17.9. The minimum absolute atomic E-state index is 0.0523. The quantitative estimate of drug-likeness (QED) is 0.280. The smallest absolute Gasteiger partial charge is 0.232 e. The van der Waals surface area contributed by atoms with E-state index in [1.807, 2.05) is 23.6 Å². The highest BCUT2D eigenvalue weighted by molar-refractivity contribution is 7.99. The molecule has 32 heavy (non-hydrogen) atoms. The lowest BCUT2D eigenvalue weighted by Crippen LogP contribution is -2.34. The number of anilines is 1. The van der Waals surface area contributed by atoms with Crippen molar-refractivity contribution in [1.29, 1.82) is 0 Å². The van der Waals surface area contributed by atoms with Crippen molar-refractivity contribution < 1.29 is 17.6 Å². The van der Waals surface area contributed by atoms with Gasteiger partial charge in [-0.2, -0.15) is 0 Å². The molecule has 0 radical (unpaired) electrons. The Bertz CT molecular complexity index is 1280. The van der Waals surface area contributed by atoms with Crippen molar-refractivity contribution in [3.63, 3.8) is 0 Å². The van der Waals surface area contributed by atoms with Crippen LogP contribution in [0, 0.1) is 6.92 Å². The summed E-state index contributed by atoms with van der Waals surface area (Å²) in [6, 6.07) is 7.07. The van der Waals surface area contributed by atoms with Crippen molar-refractivity contribution in [1.82, 2.24) is 14.8 Å². The highest BCUT2D eigenvalue weighted by atomic mass is 32.2. The van der Waals surface area contributed by atoms with Gasteiger partial charge in [0.15, 0.2) is 16.8 Å². The number of rotatable bonds is 8. The fraction of sp³-hybridized carbons (Fsp3) is 0.318. The Kier molecular flexibility index (Phi) is 6.25. The molecule has 0 spiro atoms. The third-order valence-electron chi connectivity index (χ3n) is 5.34. The van der Waals surface area contributed by atoms with Gasteiger partial charge < -0.3 is 4.42 Å². The highest BCUT2D eigenvalue weighted by Gasteiger charge is 2.25. The summed E-state index contributed by atoms with van der Waals surface area (Å²) in [6.45, 7) is 6.63. The van der Waals surface area contributed by atoms with E-state index >= 15 is 0 Å². The van der Waals surface area contributed by atoms with Gasteiger partial charge in [-0.15, -0.1) is 16.8 Å². The Morgan fingerprint density at radius 3 is 2.81 bits per heavy atom. The van der Waals surface area contributed by atoms with Crippen LogP contribution < -0.4 is 4.31 Å². The van der Waals surface area contributed by atoms with E-state index in [0.717, 1.165) is 29.7 Å². The van der Waals surface area contributed by atoms with Crippen molar-refractivity contribution in [3.8, 4) is 11.4 Å². The number of carbonyl (C=O) groups excluding carboxylic acids is 1. The lowest BCUT2D eigenvalue weighted by atomic mass is 9.99. The molecule has 1 aliphatic rings. The summed E-state index contributed by atoms with van der Waals surface area (Å²) in [4.78, 5) is 12.9. The minimum Gasteiger partial charge on any atom is -0.469 e. The number of sulfonamides is 1. The van der Waals surface area contributed by atoms with Crippen molar-refractivity contribution in [2.45, 2.75) is 31.5 Å². The van der Waals surface area contributed by atoms with E-state index in [-0.39, 0.29) is 11.5 Å². The van der Waals surface area contributed by atoms with Gasteiger partial charge >= 0.3 is 0 Å². The number of hydrogen-bond donors (Lipinski definition) is 0. The molecule has 0 N–H and O–H groups in total. The standard InChI is InChI=1S/C22H24N4O4S2/c1-4-10-25-21(18-9-12-30-15(18)2)23-24-22(25)31-14-20(27)17-7-8-19-16(13-17)6-5-11-26(19)32(3,28)29/h4,7-9,12-13H,1,5-6,10-11,14H2,2-3H3. The summed E-state index contributed by atoms with van der Waals surface area (Å²) in [5.74, 6) is 1.55. The average molecular weight is 473 g/mol. The Morgan fingerprint density at radius 2 is 2.12 bits per heavy atom. The van der Waals surface area contributed by atoms with E-state index in [0.29, 0.717) is 35.3 Å². The van der Waals surface area contributed by atoms with Crippen molar-refractivity contribution in [2.24, 2.45) is 0 Å². The number of allylic oxidation sites excluding steroid dienone is 1. The Hall–Kier alpha value is -2.85. The number of nitrogens with zero attached hydrogens (tertiary/aromatic N) is 4. The monoisotopic (exact) mass is 472 g/mol. The molecule has 0 atom stereocenters. The Morgan fingerprint density at radius 1 is 1.31 bits per heavy atom. The van der Waals surface area contributed by atoms with Gasteiger partial charge in [0.05, 0.1) is 29.5 Å². The molecule has 0 fully saturated rings. The maximum atomic E-state index is 12.9. The van der Waals surface area contributed by atoms with E-state index < -0.39 is 10.0 Å². The van der Waals surface area contributed by atoms with Crippen molar-refractivity contribution in [2.75, 3.05) is 22.9 Å². The van der Waals surface area contributed by atoms with E-state index in [9.17, 15) is 13.2 Å². The summed E-state index contributed by atoms with van der Waals surface area (Å²) < 4.78 is 32.8. The van der Waals surface area contributed by atoms with Crippen LogP contribution in [0.3, 0.4) is 0 Å². The lowest BCUT2D eigenvalue weighted by Gasteiger charge is -2.29. The molecule has 168 valence electrons. The molecule has 4 rings (SSSR count). The first-order valence-electron chi connectivity index (χ1n) is 10.1. The predicted molar refractivity (Wildman–Crippen MR) is 125 cm³/mol. The first kappa shape index (κ1) is 22.3. The van der Waals surface area contributed by atoms with Crippen LogP contribution >= 0.6 is 11.8 Å². The largest absolute Gasteiger partial charge is 0.469 e. The molecule has 0 unspecified atom stereocenters. The lowest BCUT2D eigenvalue weighted by molar-refractivity contribution is 0.102. The molecule has 0 bridgehead atoms. The van der Waals surface area contributed by atoms with Crippen LogP contribution in [0.2, 0.25) is 0 Å². The van der Waals surface area contributed by atoms with Gasteiger partial charge in [-0.3, -0.25) is 13.7 Å². The number of thioether (sulfide) groups is 1. The fourth-order valence-electron chi connectivity index (χ4n) is 3.80. The number of furan rings is 1. The maximum absolute atomic E-state index is 12.9. The van der Waals surface area contributed by atoms with Crippen LogP contribution in [0.5, 0.6) is 0 Å². The molecule has 0 amide bonds. The van der Waals surface area contributed by atoms with Gasteiger partial charge in [-0.25, -0.2) is 8.42 Å². The zero-order chi connectivity index (χ0) is 22.9. The summed E-state index contributed by atoms with van der Waals surface area (Å²) in [5, 5.41) is 9.17. The molecule has 2 aromatic heterocycles. The number of ketones is 1. The van der Waals surface area contributed by atoms with E-state index in [2.05, 4.69) is 16.8 Å². The topological polar surface area (TPSA) is 98.3 Å². The molecule has 8 nitrogen and oxygen atoms in total. The summed E-state index contributed by atoms with van der Waals surface area (Å²) in [6.07, 6.45) is 6.04. The molecule has 0 saturated carbocycles. The number of Topliss-reactive ketones (excluding diaryl/α,β-unsaturated/α-hetero) is 1. The molecule has 3 heterocycles. The van der Waals surface area contributed by atoms with Crippen molar-refractivity contribution in [3.05, 3.63) is 60.1 Å². The first-order chi connectivity index (χ1) is 15.3. The molecule has 0 saturated heterocycles. The number of aromatic nitrogens is 3. The number of carbonyl (C=O) groups is 1. The van der Waals surface area contributed by atoms with Crippen LogP contribution in [0.25, 0.3) is 11.4 Å². The third kappa shape index (κ3) is 4.37. The molecule has 1 aromatic carbocycles. The fourth-order valence-corrected chi connectivity index (χ4v) is 5.64. The van der Waals surface area contributed by atoms with Gasteiger partial charge in [-0.1, -0.05) is 17.8 Å². The number of aryl methyl sites for hydroxylation is 2. The Labute approximate surface area is 191 Å². The minimum atomic E-state index is -3.34.